The molecule has 0 aliphatic carbocycles. The van der Waals surface area contributed by atoms with Crippen molar-refractivity contribution in [3.8, 4) is 0 Å². The van der Waals surface area contributed by atoms with Gasteiger partial charge in [0.15, 0.2) is 12.4 Å². The molecule has 2 rings (SSSR count). The first-order chi connectivity index (χ1) is 6.88. The van der Waals surface area contributed by atoms with Gasteiger partial charge in [0.2, 0.25) is 0 Å². The average molecular weight is 242 g/mol. The summed E-state index contributed by atoms with van der Waals surface area (Å²) in [5.74, 6) is 0. The van der Waals surface area contributed by atoms with E-state index in [1.807, 2.05) is 0 Å². The Kier molecular flexibility index (Phi) is 2.71. The molecule has 9 heteroatoms. The average Bonchev–Trinajstić information content (AvgIpc) is 2.33. The number of aliphatic hydroxyl groups excluding tert-OH is 2. The molecular weight excluding hydrogens is 232 g/mol. The van der Waals surface area contributed by atoms with Gasteiger partial charge in [-0.25, -0.2) is 4.18 Å². The van der Waals surface area contributed by atoms with Gasteiger partial charge < -0.3 is 19.7 Å². The van der Waals surface area contributed by atoms with E-state index in [2.05, 4.69) is 4.18 Å². The lowest BCUT2D eigenvalue weighted by atomic mass is 10.0. The van der Waals surface area contributed by atoms with Crippen LogP contribution in [0, 0.1) is 0 Å². The minimum atomic E-state index is -4.74. The molecule has 0 radical (unpaired) electrons. The summed E-state index contributed by atoms with van der Waals surface area (Å²) in [6, 6.07) is 0. The standard InChI is InChI=1S/C6H10O8S/c7-3-2-1-12-4(3)5(6(8)13-2)14-15(9,10)11/h2-8H,1H2,(H,9,10,11). The summed E-state index contributed by atoms with van der Waals surface area (Å²) in [5, 5.41) is 18.8. The Morgan fingerprint density at radius 1 is 1.33 bits per heavy atom. The van der Waals surface area contributed by atoms with Crippen LogP contribution in [-0.2, 0) is 24.1 Å². The Balaban J connectivity index is 2.16. The molecule has 8 nitrogen and oxygen atoms in total. The van der Waals surface area contributed by atoms with E-state index in [9.17, 15) is 18.6 Å². The van der Waals surface area contributed by atoms with Gasteiger partial charge in [0.05, 0.1) is 6.61 Å². The quantitative estimate of drug-likeness (QED) is 0.460. The molecule has 5 atom stereocenters. The second kappa shape index (κ2) is 3.63. The first-order valence-corrected chi connectivity index (χ1v) is 5.54. The molecule has 2 bridgehead atoms. The molecule has 2 saturated heterocycles. The zero-order valence-corrected chi connectivity index (χ0v) is 8.20. The highest BCUT2D eigenvalue weighted by Crippen LogP contribution is 2.31. The summed E-state index contributed by atoms with van der Waals surface area (Å²) in [5.41, 5.74) is 0. The van der Waals surface area contributed by atoms with Gasteiger partial charge in [0, 0.05) is 0 Å². The van der Waals surface area contributed by atoms with E-state index < -0.39 is 41.1 Å². The van der Waals surface area contributed by atoms with Crippen LogP contribution in [0.15, 0.2) is 0 Å². The Labute approximate surface area is 85.3 Å². The van der Waals surface area contributed by atoms with Crippen LogP contribution in [0.4, 0.5) is 0 Å². The van der Waals surface area contributed by atoms with E-state index in [1.54, 1.807) is 0 Å². The predicted octanol–water partition coefficient (Wildman–Crippen LogP) is -2.35. The van der Waals surface area contributed by atoms with Crippen LogP contribution in [0.25, 0.3) is 0 Å². The van der Waals surface area contributed by atoms with E-state index in [4.69, 9.17) is 14.0 Å². The van der Waals surface area contributed by atoms with Crippen LogP contribution >= 0.6 is 0 Å². The lowest BCUT2D eigenvalue weighted by molar-refractivity contribution is -0.235. The highest BCUT2D eigenvalue weighted by molar-refractivity contribution is 7.80. The molecule has 2 aliphatic heterocycles. The SMILES string of the molecule is O=S(=O)(O)OC1C(O)OC2COC1C2O. The third-order valence-corrected chi connectivity index (χ3v) is 2.79. The Morgan fingerprint density at radius 3 is 2.60 bits per heavy atom. The van der Waals surface area contributed by atoms with Crippen LogP contribution in [0.5, 0.6) is 0 Å². The zero-order valence-electron chi connectivity index (χ0n) is 7.38. The second-order valence-electron chi connectivity index (χ2n) is 3.34. The van der Waals surface area contributed by atoms with Gasteiger partial charge in [-0.1, -0.05) is 0 Å². The number of hydrogen-bond donors (Lipinski definition) is 3. The van der Waals surface area contributed by atoms with Crippen LogP contribution in [0.1, 0.15) is 0 Å². The van der Waals surface area contributed by atoms with Crippen molar-refractivity contribution in [2.24, 2.45) is 0 Å². The summed E-state index contributed by atoms with van der Waals surface area (Å²) in [6.07, 6.45) is -5.84. The van der Waals surface area contributed by atoms with Crippen LogP contribution in [0.3, 0.4) is 0 Å². The van der Waals surface area contributed by atoms with Gasteiger partial charge in [-0.3, -0.25) is 4.55 Å². The molecular formula is C6H10O8S. The van der Waals surface area contributed by atoms with Crippen molar-refractivity contribution < 1.29 is 36.8 Å². The molecule has 88 valence electrons. The van der Waals surface area contributed by atoms with Crippen molar-refractivity contribution in [2.45, 2.75) is 30.7 Å². The van der Waals surface area contributed by atoms with E-state index in [-0.39, 0.29) is 6.61 Å². The van der Waals surface area contributed by atoms with Gasteiger partial charge in [-0.2, -0.15) is 8.42 Å². The van der Waals surface area contributed by atoms with E-state index in [1.165, 1.54) is 0 Å². The van der Waals surface area contributed by atoms with Crippen molar-refractivity contribution in [1.82, 2.24) is 0 Å². The largest absolute Gasteiger partial charge is 0.397 e. The summed E-state index contributed by atoms with van der Waals surface area (Å²) < 4.78 is 43.3. The molecule has 2 fully saturated rings. The molecule has 2 heterocycles. The van der Waals surface area contributed by atoms with E-state index >= 15 is 0 Å². The molecule has 0 saturated carbocycles. The Morgan fingerprint density at radius 2 is 2.00 bits per heavy atom. The van der Waals surface area contributed by atoms with Crippen molar-refractivity contribution in [2.75, 3.05) is 6.61 Å². The van der Waals surface area contributed by atoms with Crippen molar-refractivity contribution in [1.29, 1.82) is 0 Å². The molecule has 15 heavy (non-hydrogen) atoms. The fourth-order valence-corrected chi connectivity index (χ4v) is 2.17. The molecule has 0 aromatic heterocycles. The summed E-state index contributed by atoms with van der Waals surface area (Å²) in [7, 11) is -4.74. The highest BCUT2D eigenvalue weighted by Gasteiger charge is 2.52. The number of ether oxygens (including phenoxy) is 2. The number of rotatable bonds is 2. The number of aliphatic hydroxyl groups is 2. The minimum Gasteiger partial charge on any atom is -0.387 e. The summed E-state index contributed by atoms with van der Waals surface area (Å²) >= 11 is 0. The third kappa shape index (κ3) is 2.13. The van der Waals surface area contributed by atoms with E-state index in [0.29, 0.717) is 0 Å². The van der Waals surface area contributed by atoms with Crippen molar-refractivity contribution >= 4 is 10.4 Å². The van der Waals surface area contributed by atoms with Crippen molar-refractivity contribution in [3.05, 3.63) is 0 Å². The van der Waals surface area contributed by atoms with Crippen LogP contribution in [-0.4, -0.2) is 60.5 Å². The molecule has 0 aromatic rings. The second-order valence-corrected chi connectivity index (χ2v) is 4.39. The topological polar surface area (TPSA) is 123 Å². The molecule has 5 unspecified atom stereocenters. The summed E-state index contributed by atoms with van der Waals surface area (Å²) in [4.78, 5) is 0. The maximum absolute atomic E-state index is 10.5. The predicted molar refractivity (Wildman–Crippen MR) is 43.0 cm³/mol. The number of fused-ring (bicyclic) bond motifs is 2. The third-order valence-electron chi connectivity index (χ3n) is 2.32. The summed E-state index contributed by atoms with van der Waals surface area (Å²) in [6.45, 7) is 0.0359. The van der Waals surface area contributed by atoms with Crippen LogP contribution in [0.2, 0.25) is 0 Å². The van der Waals surface area contributed by atoms with Gasteiger partial charge >= 0.3 is 10.4 Å². The fraction of sp³-hybridized carbons (Fsp3) is 1.00. The zero-order chi connectivity index (χ0) is 11.2. The molecule has 0 spiro atoms. The van der Waals surface area contributed by atoms with Gasteiger partial charge in [0.1, 0.15) is 18.3 Å². The monoisotopic (exact) mass is 242 g/mol. The fourth-order valence-electron chi connectivity index (χ4n) is 1.69. The molecule has 0 aromatic carbocycles. The minimum absolute atomic E-state index is 0.0359. The lowest BCUT2D eigenvalue weighted by Gasteiger charge is -2.33. The van der Waals surface area contributed by atoms with Gasteiger partial charge in [0.25, 0.3) is 0 Å². The lowest BCUT2D eigenvalue weighted by Crippen LogP contribution is -2.54. The van der Waals surface area contributed by atoms with E-state index in [0.717, 1.165) is 0 Å². The highest BCUT2D eigenvalue weighted by atomic mass is 32.3. The maximum atomic E-state index is 10.5. The first-order valence-electron chi connectivity index (χ1n) is 4.17. The molecule has 2 aliphatic rings. The molecule has 3 N–H and O–H groups in total. The van der Waals surface area contributed by atoms with Crippen LogP contribution < -0.4 is 0 Å². The van der Waals surface area contributed by atoms with Gasteiger partial charge in [-0.15, -0.1) is 0 Å². The first kappa shape index (κ1) is 11.2. The van der Waals surface area contributed by atoms with Crippen molar-refractivity contribution in [3.63, 3.8) is 0 Å². The van der Waals surface area contributed by atoms with Gasteiger partial charge in [-0.05, 0) is 0 Å². The molecule has 0 amide bonds. The normalized spacial score (nSPS) is 45.7. The smallest absolute Gasteiger partial charge is 0.387 e. The number of hydrogen-bond acceptors (Lipinski definition) is 7. The maximum Gasteiger partial charge on any atom is 0.397 e. The Bertz CT molecular complexity index is 339. The Hall–Kier alpha value is -0.290.